The molecule has 2 heteroatoms. The molecule has 1 rings (SSSR count). The third kappa shape index (κ3) is 4.58. The molecule has 0 aromatic carbocycles. The third-order valence-electron chi connectivity index (χ3n) is 5.36. The van der Waals surface area contributed by atoms with E-state index in [1.165, 1.54) is 38.5 Å². The van der Waals surface area contributed by atoms with Crippen molar-refractivity contribution in [3.05, 3.63) is 0 Å². The predicted molar refractivity (Wildman–Crippen MR) is 87.1 cm³/mol. The summed E-state index contributed by atoms with van der Waals surface area (Å²) in [6.45, 7) is 11.1. The van der Waals surface area contributed by atoms with E-state index < -0.39 is 0 Å². The maximum atomic E-state index is 12.9. The van der Waals surface area contributed by atoms with Gasteiger partial charge in [-0.1, -0.05) is 52.9 Å². The number of likely N-dealkylation sites (tertiary alicyclic amines) is 1. The number of hydrogen-bond acceptors (Lipinski definition) is 2. The van der Waals surface area contributed by atoms with E-state index >= 15 is 0 Å². The minimum atomic E-state index is -0.208. The molecular formula is C18H35NO. The van der Waals surface area contributed by atoms with Crippen molar-refractivity contribution in [2.45, 2.75) is 91.0 Å². The van der Waals surface area contributed by atoms with Gasteiger partial charge in [0.2, 0.25) is 0 Å². The molecule has 1 aliphatic heterocycles. The van der Waals surface area contributed by atoms with Gasteiger partial charge in [0, 0.05) is 6.42 Å². The van der Waals surface area contributed by atoms with E-state index in [1.54, 1.807) is 0 Å². The molecule has 20 heavy (non-hydrogen) atoms. The lowest BCUT2D eigenvalue weighted by Gasteiger charge is -2.42. The van der Waals surface area contributed by atoms with Crippen molar-refractivity contribution in [2.75, 3.05) is 13.1 Å². The summed E-state index contributed by atoms with van der Waals surface area (Å²) in [6.07, 6.45) is 10.5. The van der Waals surface area contributed by atoms with Crippen LogP contribution in [0.15, 0.2) is 0 Å². The van der Waals surface area contributed by atoms with Gasteiger partial charge in [-0.2, -0.15) is 0 Å². The molecule has 0 spiro atoms. The van der Waals surface area contributed by atoms with Gasteiger partial charge in [0.1, 0.15) is 0 Å². The van der Waals surface area contributed by atoms with E-state index in [0.29, 0.717) is 11.7 Å². The smallest absolute Gasteiger partial charge is 0.153 e. The van der Waals surface area contributed by atoms with Crippen molar-refractivity contribution in [1.82, 2.24) is 4.90 Å². The van der Waals surface area contributed by atoms with Gasteiger partial charge >= 0.3 is 0 Å². The van der Waals surface area contributed by atoms with Gasteiger partial charge in [0.25, 0.3) is 0 Å². The molecule has 0 aromatic heterocycles. The van der Waals surface area contributed by atoms with Crippen molar-refractivity contribution in [1.29, 1.82) is 0 Å². The molecule has 2 atom stereocenters. The average Bonchev–Trinajstić information content (AvgIpc) is 2.51. The molecule has 0 amide bonds. The first-order valence-electron chi connectivity index (χ1n) is 8.86. The Bertz CT molecular complexity index is 283. The summed E-state index contributed by atoms with van der Waals surface area (Å²) in [5.41, 5.74) is -0.208. The van der Waals surface area contributed by atoms with Gasteiger partial charge in [-0.25, -0.2) is 0 Å². The highest BCUT2D eigenvalue weighted by atomic mass is 16.1. The Hall–Kier alpha value is -0.370. The summed E-state index contributed by atoms with van der Waals surface area (Å²) < 4.78 is 0. The van der Waals surface area contributed by atoms with E-state index in [-0.39, 0.29) is 5.54 Å². The highest BCUT2D eigenvalue weighted by molar-refractivity contribution is 5.88. The second-order valence-corrected chi connectivity index (χ2v) is 6.72. The van der Waals surface area contributed by atoms with Crippen molar-refractivity contribution in [3.8, 4) is 0 Å². The van der Waals surface area contributed by atoms with Crippen LogP contribution < -0.4 is 0 Å². The number of unbranched alkanes of at least 4 members (excludes halogenated alkanes) is 1. The number of ketones is 1. The van der Waals surface area contributed by atoms with Gasteiger partial charge in [0.05, 0.1) is 5.54 Å². The molecule has 2 nitrogen and oxygen atoms in total. The summed E-state index contributed by atoms with van der Waals surface area (Å²) in [5, 5.41) is 0. The lowest BCUT2D eigenvalue weighted by atomic mass is 9.82. The number of carbonyl (C=O) groups excluding carboxylic acids is 1. The summed E-state index contributed by atoms with van der Waals surface area (Å²) >= 11 is 0. The molecule has 0 bridgehead atoms. The van der Waals surface area contributed by atoms with Crippen LogP contribution in [0.1, 0.15) is 85.5 Å². The van der Waals surface area contributed by atoms with Gasteiger partial charge in [-0.15, -0.1) is 0 Å². The lowest BCUT2D eigenvalue weighted by Crippen LogP contribution is -2.54. The van der Waals surface area contributed by atoms with E-state index in [0.717, 1.165) is 32.4 Å². The molecular weight excluding hydrogens is 246 g/mol. The zero-order valence-corrected chi connectivity index (χ0v) is 14.2. The van der Waals surface area contributed by atoms with E-state index in [1.807, 2.05) is 0 Å². The van der Waals surface area contributed by atoms with Crippen LogP contribution in [-0.4, -0.2) is 29.3 Å². The van der Waals surface area contributed by atoms with E-state index in [4.69, 9.17) is 0 Å². The van der Waals surface area contributed by atoms with E-state index in [9.17, 15) is 4.79 Å². The van der Waals surface area contributed by atoms with Crippen LogP contribution in [0.2, 0.25) is 0 Å². The number of carbonyl (C=O) groups is 1. The second kappa shape index (κ2) is 8.81. The Kier molecular flexibility index (Phi) is 7.79. The normalized spacial score (nSPS) is 21.4. The van der Waals surface area contributed by atoms with Crippen molar-refractivity contribution in [2.24, 2.45) is 5.92 Å². The number of nitrogens with zero attached hydrogens (tertiary/aromatic N) is 1. The monoisotopic (exact) mass is 281 g/mol. The minimum Gasteiger partial charge on any atom is -0.298 e. The number of hydrogen-bond donors (Lipinski definition) is 0. The van der Waals surface area contributed by atoms with Gasteiger partial charge in [0.15, 0.2) is 5.78 Å². The van der Waals surface area contributed by atoms with Crippen LogP contribution in [0.25, 0.3) is 0 Å². The quantitative estimate of drug-likeness (QED) is 0.604. The Labute approximate surface area is 126 Å². The van der Waals surface area contributed by atoms with Gasteiger partial charge < -0.3 is 0 Å². The van der Waals surface area contributed by atoms with Crippen molar-refractivity contribution in [3.63, 3.8) is 0 Å². The largest absolute Gasteiger partial charge is 0.298 e. The summed E-state index contributed by atoms with van der Waals surface area (Å²) in [6, 6.07) is 0. The molecule has 0 radical (unpaired) electrons. The fraction of sp³-hybridized carbons (Fsp3) is 0.944. The van der Waals surface area contributed by atoms with Gasteiger partial charge in [-0.05, 0) is 45.2 Å². The predicted octanol–water partition coefficient (Wildman–Crippen LogP) is 4.82. The van der Waals surface area contributed by atoms with Crippen molar-refractivity contribution < 1.29 is 4.79 Å². The van der Waals surface area contributed by atoms with Crippen LogP contribution in [-0.2, 0) is 4.79 Å². The standard InChI is InChI=1S/C18H35NO/c1-5-8-12-16(6-2)15-17(20)18(4,7-3)19-13-10-9-11-14-19/h16H,5-15H2,1-4H3. The highest BCUT2D eigenvalue weighted by Crippen LogP contribution is 2.29. The number of Topliss-reactive ketones (excluding diaryl/α,β-unsaturated/α-hetero) is 1. The number of rotatable bonds is 9. The molecule has 1 aliphatic rings. The van der Waals surface area contributed by atoms with Crippen molar-refractivity contribution >= 4 is 5.78 Å². The molecule has 118 valence electrons. The molecule has 1 fully saturated rings. The first kappa shape index (κ1) is 17.7. The fourth-order valence-corrected chi connectivity index (χ4v) is 3.41. The molecule has 0 aromatic rings. The summed E-state index contributed by atoms with van der Waals surface area (Å²) in [7, 11) is 0. The van der Waals surface area contributed by atoms with Crippen LogP contribution in [0.3, 0.4) is 0 Å². The minimum absolute atomic E-state index is 0.208. The average molecular weight is 281 g/mol. The van der Waals surface area contributed by atoms with Crippen LogP contribution in [0.5, 0.6) is 0 Å². The molecule has 0 saturated carbocycles. The SMILES string of the molecule is CCCCC(CC)CC(=O)C(C)(CC)N1CCCCC1. The third-order valence-corrected chi connectivity index (χ3v) is 5.36. The molecule has 0 aliphatic carbocycles. The number of piperidine rings is 1. The topological polar surface area (TPSA) is 20.3 Å². The first-order chi connectivity index (χ1) is 9.58. The molecule has 1 heterocycles. The second-order valence-electron chi connectivity index (χ2n) is 6.72. The molecule has 2 unspecified atom stereocenters. The fourth-order valence-electron chi connectivity index (χ4n) is 3.41. The maximum Gasteiger partial charge on any atom is 0.153 e. The molecule has 0 N–H and O–H groups in total. The van der Waals surface area contributed by atoms with Gasteiger partial charge in [-0.3, -0.25) is 9.69 Å². The summed E-state index contributed by atoms with van der Waals surface area (Å²) in [4.78, 5) is 15.3. The first-order valence-corrected chi connectivity index (χ1v) is 8.86. The Morgan fingerprint density at radius 2 is 1.80 bits per heavy atom. The maximum absolute atomic E-state index is 12.9. The van der Waals surface area contributed by atoms with Crippen LogP contribution in [0.4, 0.5) is 0 Å². The lowest BCUT2D eigenvalue weighted by molar-refractivity contribution is -0.132. The summed E-state index contributed by atoms with van der Waals surface area (Å²) in [5.74, 6) is 1.09. The highest BCUT2D eigenvalue weighted by Gasteiger charge is 2.38. The van der Waals surface area contributed by atoms with Crippen LogP contribution >= 0.6 is 0 Å². The van der Waals surface area contributed by atoms with E-state index in [2.05, 4.69) is 32.6 Å². The zero-order valence-electron chi connectivity index (χ0n) is 14.2. The Balaban J connectivity index is 2.64. The molecule has 1 saturated heterocycles. The Morgan fingerprint density at radius 1 is 1.15 bits per heavy atom. The Morgan fingerprint density at radius 3 is 2.30 bits per heavy atom. The zero-order chi connectivity index (χ0) is 15.0. The van der Waals surface area contributed by atoms with Crippen LogP contribution in [0, 0.1) is 5.92 Å².